The summed E-state index contributed by atoms with van der Waals surface area (Å²) in [6.45, 7) is 1.24. The first kappa shape index (κ1) is 12.8. The fourth-order valence-corrected chi connectivity index (χ4v) is 4.55. The van der Waals surface area contributed by atoms with Gasteiger partial charge in [0.05, 0.1) is 15.2 Å². The van der Waals surface area contributed by atoms with Crippen molar-refractivity contribution >= 4 is 21.6 Å². The number of hydrogen-bond acceptors (Lipinski definition) is 3. The summed E-state index contributed by atoms with van der Waals surface area (Å²) in [6.07, 6.45) is 8.20. The van der Waals surface area contributed by atoms with Crippen LogP contribution >= 0.6 is 11.3 Å². The largest absolute Gasteiger partial charge is 0.314 e. The average Bonchev–Trinajstić information content (AvgIpc) is 3.04. The Morgan fingerprint density at radius 2 is 1.95 bits per heavy atom. The van der Waals surface area contributed by atoms with Gasteiger partial charge in [0.1, 0.15) is 0 Å². The SMILES string of the molecule is c1ccc2sc(CC3CCCC3CNC3CC3)nc2c1. The Balaban J connectivity index is 1.43. The van der Waals surface area contributed by atoms with E-state index >= 15 is 0 Å². The number of aromatic nitrogens is 1. The van der Waals surface area contributed by atoms with E-state index < -0.39 is 0 Å². The smallest absolute Gasteiger partial charge is 0.0941 e. The van der Waals surface area contributed by atoms with E-state index in [9.17, 15) is 0 Å². The highest BCUT2D eigenvalue weighted by atomic mass is 32.1. The molecule has 1 N–H and O–H groups in total. The molecule has 2 saturated carbocycles. The molecule has 0 radical (unpaired) electrons. The van der Waals surface area contributed by atoms with Crippen LogP contribution in [0.4, 0.5) is 0 Å². The second kappa shape index (κ2) is 5.45. The van der Waals surface area contributed by atoms with Crippen molar-refractivity contribution in [3.05, 3.63) is 29.3 Å². The highest BCUT2D eigenvalue weighted by Gasteiger charge is 2.30. The number of nitrogens with one attached hydrogen (secondary N) is 1. The van der Waals surface area contributed by atoms with Crippen molar-refractivity contribution in [1.82, 2.24) is 10.3 Å². The van der Waals surface area contributed by atoms with Crippen LogP contribution in [0.5, 0.6) is 0 Å². The molecule has 0 saturated heterocycles. The van der Waals surface area contributed by atoms with Gasteiger partial charge in [0.2, 0.25) is 0 Å². The van der Waals surface area contributed by atoms with E-state index in [0.717, 1.165) is 17.9 Å². The molecule has 4 rings (SSSR count). The van der Waals surface area contributed by atoms with Gasteiger partial charge in [0, 0.05) is 12.5 Å². The van der Waals surface area contributed by atoms with E-state index in [-0.39, 0.29) is 0 Å². The molecule has 20 heavy (non-hydrogen) atoms. The Morgan fingerprint density at radius 1 is 1.10 bits per heavy atom. The van der Waals surface area contributed by atoms with Crippen molar-refractivity contribution < 1.29 is 0 Å². The Hall–Kier alpha value is -0.930. The lowest BCUT2D eigenvalue weighted by Gasteiger charge is -2.19. The molecule has 0 spiro atoms. The Labute approximate surface area is 124 Å². The molecule has 1 heterocycles. The van der Waals surface area contributed by atoms with Crippen molar-refractivity contribution in [3.8, 4) is 0 Å². The van der Waals surface area contributed by atoms with Crippen molar-refractivity contribution in [2.24, 2.45) is 11.8 Å². The van der Waals surface area contributed by atoms with Crippen LogP contribution < -0.4 is 5.32 Å². The molecule has 2 fully saturated rings. The predicted molar refractivity (Wildman–Crippen MR) is 85.2 cm³/mol. The first-order chi connectivity index (χ1) is 9.88. The van der Waals surface area contributed by atoms with E-state index in [0.29, 0.717) is 0 Å². The monoisotopic (exact) mass is 286 g/mol. The molecule has 2 aromatic rings. The molecule has 0 bridgehead atoms. The zero-order valence-corrected chi connectivity index (χ0v) is 12.7. The normalized spacial score (nSPS) is 26.4. The Morgan fingerprint density at radius 3 is 2.80 bits per heavy atom. The van der Waals surface area contributed by atoms with Gasteiger partial charge in [0.25, 0.3) is 0 Å². The van der Waals surface area contributed by atoms with Crippen LogP contribution in [-0.2, 0) is 6.42 Å². The van der Waals surface area contributed by atoms with Crippen molar-refractivity contribution in [3.63, 3.8) is 0 Å². The summed E-state index contributed by atoms with van der Waals surface area (Å²) in [5.41, 5.74) is 1.18. The number of para-hydroxylation sites is 1. The van der Waals surface area contributed by atoms with E-state index in [1.165, 1.54) is 60.3 Å². The van der Waals surface area contributed by atoms with Crippen LogP contribution in [0.3, 0.4) is 0 Å². The summed E-state index contributed by atoms with van der Waals surface area (Å²) in [5.74, 6) is 1.73. The third kappa shape index (κ3) is 2.75. The van der Waals surface area contributed by atoms with Crippen molar-refractivity contribution in [2.75, 3.05) is 6.54 Å². The van der Waals surface area contributed by atoms with Gasteiger partial charge in [-0.1, -0.05) is 18.6 Å². The summed E-state index contributed by atoms with van der Waals surface area (Å²) in [4.78, 5) is 4.82. The number of nitrogens with zero attached hydrogens (tertiary/aromatic N) is 1. The second-order valence-corrected chi connectivity index (χ2v) is 7.53. The van der Waals surface area contributed by atoms with Crippen molar-refractivity contribution in [1.29, 1.82) is 0 Å². The lowest BCUT2D eigenvalue weighted by molar-refractivity contribution is 0.364. The summed E-state index contributed by atoms with van der Waals surface area (Å²) in [6, 6.07) is 9.37. The molecule has 0 amide bonds. The fourth-order valence-electron chi connectivity index (χ4n) is 3.49. The fraction of sp³-hybridized carbons (Fsp3) is 0.588. The number of thiazole rings is 1. The van der Waals surface area contributed by atoms with E-state index in [2.05, 4.69) is 29.6 Å². The first-order valence-corrected chi connectivity index (χ1v) is 8.78. The minimum absolute atomic E-state index is 0.846. The molecule has 3 heteroatoms. The zero-order valence-electron chi connectivity index (χ0n) is 11.8. The summed E-state index contributed by atoms with van der Waals surface area (Å²) < 4.78 is 1.34. The van der Waals surface area contributed by atoms with Gasteiger partial charge < -0.3 is 5.32 Å². The molecule has 0 aliphatic heterocycles. The standard InChI is InChI=1S/C17H22N2S/c1-2-7-16-15(6-1)19-17(20-16)10-12-4-3-5-13(12)11-18-14-8-9-14/h1-2,6-7,12-14,18H,3-5,8-11H2. The van der Waals surface area contributed by atoms with Crippen LogP contribution in [0.2, 0.25) is 0 Å². The van der Waals surface area contributed by atoms with Gasteiger partial charge in [-0.3, -0.25) is 0 Å². The number of hydrogen-bond donors (Lipinski definition) is 1. The average molecular weight is 286 g/mol. The molecule has 1 aromatic heterocycles. The Kier molecular flexibility index (Phi) is 3.49. The predicted octanol–water partition coefficient (Wildman–Crippen LogP) is 4.01. The highest BCUT2D eigenvalue weighted by molar-refractivity contribution is 7.18. The topological polar surface area (TPSA) is 24.9 Å². The van der Waals surface area contributed by atoms with Crippen LogP contribution in [0.25, 0.3) is 10.2 Å². The summed E-state index contributed by atoms with van der Waals surface area (Å²) >= 11 is 1.89. The van der Waals surface area contributed by atoms with E-state index in [1.54, 1.807) is 0 Å². The van der Waals surface area contributed by atoms with Crippen LogP contribution in [0.1, 0.15) is 37.1 Å². The molecular weight excluding hydrogens is 264 g/mol. The van der Waals surface area contributed by atoms with Crippen LogP contribution in [0, 0.1) is 11.8 Å². The van der Waals surface area contributed by atoms with E-state index in [4.69, 9.17) is 4.98 Å². The molecular formula is C17H22N2S. The van der Waals surface area contributed by atoms with Crippen molar-refractivity contribution in [2.45, 2.75) is 44.6 Å². The molecule has 2 nitrogen and oxygen atoms in total. The third-order valence-electron chi connectivity index (χ3n) is 4.84. The van der Waals surface area contributed by atoms with Gasteiger partial charge in [-0.15, -0.1) is 11.3 Å². The molecule has 106 valence electrons. The maximum absolute atomic E-state index is 4.82. The maximum atomic E-state index is 4.82. The third-order valence-corrected chi connectivity index (χ3v) is 5.90. The van der Waals surface area contributed by atoms with Gasteiger partial charge in [-0.25, -0.2) is 4.98 Å². The van der Waals surface area contributed by atoms with Gasteiger partial charge >= 0.3 is 0 Å². The lowest BCUT2D eigenvalue weighted by Crippen LogP contribution is -2.27. The van der Waals surface area contributed by atoms with Gasteiger partial charge in [-0.2, -0.15) is 0 Å². The number of benzene rings is 1. The van der Waals surface area contributed by atoms with Gasteiger partial charge in [-0.05, 0) is 56.2 Å². The number of rotatable bonds is 5. The molecule has 2 unspecified atom stereocenters. The minimum atomic E-state index is 0.846. The number of fused-ring (bicyclic) bond motifs is 1. The molecule has 2 atom stereocenters. The molecule has 2 aliphatic rings. The summed E-state index contributed by atoms with van der Waals surface area (Å²) in [7, 11) is 0. The second-order valence-electron chi connectivity index (χ2n) is 6.41. The minimum Gasteiger partial charge on any atom is -0.314 e. The Bertz CT molecular complexity index is 554. The van der Waals surface area contributed by atoms with Crippen LogP contribution in [0.15, 0.2) is 24.3 Å². The molecule has 2 aliphatic carbocycles. The quantitative estimate of drug-likeness (QED) is 0.898. The van der Waals surface area contributed by atoms with E-state index in [1.807, 2.05) is 11.3 Å². The zero-order chi connectivity index (χ0) is 13.4. The summed E-state index contributed by atoms with van der Waals surface area (Å²) in [5, 5.41) is 5.07. The van der Waals surface area contributed by atoms with Crippen LogP contribution in [-0.4, -0.2) is 17.6 Å². The first-order valence-electron chi connectivity index (χ1n) is 7.96. The maximum Gasteiger partial charge on any atom is 0.0941 e. The molecule has 1 aromatic carbocycles. The van der Waals surface area contributed by atoms with Gasteiger partial charge in [0.15, 0.2) is 0 Å². The highest BCUT2D eigenvalue weighted by Crippen LogP contribution is 2.36. The lowest BCUT2D eigenvalue weighted by atomic mass is 9.93.